The predicted molar refractivity (Wildman–Crippen MR) is 96.7 cm³/mol. The molecule has 0 aliphatic carbocycles. The number of Topliss-reactive ketones (excluding diaryl/α,β-unsaturated/α-hetero) is 1. The van der Waals surface area contributed by atoms with E-state index in [9.17, 15) is 23.2 Å². The van der Waals surface area contributed by atoms with Crippen LogP contribution in [0.4, 0.5) is 8.78 Å². The summed E-state index contributed by atoms with van der Waals surface area (Å²) in [4.78, 5) is 40.0. The van der Waals surface area contributed by atoms with Crippen LogP contribution in [0.5, 0.6) is 0 Å². The minimum absolute atomic E-state index is 0.209. The molecule has 0 saturated carbocycles. The number of nitriles is 1. The Morgan fingerprint density at radius 3 is 2.64 bits per heavy atom. The van der Waals surface area contributed by atoms with Gasteiger partial charge in [0.15, 0.2) is 5.78 Å². The van der Waals surface area contributed by atoms with Crippen molar-refractivity contribution in [3.63, 3.8) is 0 Å². The molecule has 1 fully saturated rings. The number of carbonyl (C=O) groups is 2. The normalized spacial score (nSPS) is 17.9. The number of nitrogens with zero attached hydrogens (tertiary/aromatic N) is 2. The van der Waals surface area contributed by atoms with E-state index in [4.69, 9.17) is 5.26 Å². The highest BCUT2D eigenvalue weighted by atomic mass is 19.3. The lowest BCUT2D eigenvalue weighted by molar-refractivity contribution is -0.132. The number of halogens is 2. The van der Waals surface area contributed by atoms with Crippen LogP contribution in [0, 0.1) is 11.3 Å². The van der Waals surface area contributed by atoms with Gasteiger partial charge in [-0.3, -0.25) is 14.4 Å². The van der Waals surface area contributed by atoms with Crippen LogP contribution in [0.2, 0.25) is 0 Å². The quantitative estimate of drug-likeness (QED) is 0.801. The Balaban J connectivity index is 1.70. The number of nitrogens with one attached hydrogen (secondary N) is 1. The van der Waals surface area contributed by atoms with Gasteiger partial charge < -0.3 is 9.88 Å². The lowest BCUT2D eigenvalue weighted by Crippen LogP contribution is -2.36. The van der Waals surface area contributed by atoms with Crippen molar-refractivity contribution in [2.75, 3.05) is 6.54 Å². The number of alkyl halides is 2. The lowest BCUT2D eigenvalue weighted by atomic mass is 10.0. The topological polar surface area (TPSA) is 94.0 Å². The third-order valence-corrected chi connectivity index (χ3v) is 4.62. The van der Waals surface area contributed by atoms with Gasteiger partial charge in [-0.25, -0.2) is 8.78 Å². The van der Waals surface area contributed by atoms with Gasteiger partial charge in [0.2, 0.25) is 5.91 Å². The summed E-state index contributed by atoms with van der Waals surface area (Å²) < 4.78 is 26.9. The second kappa shape index (κ2) is 7.72. The van der Waals surface area contributed by atoms with Crippen LogP contribution in [0.15, 0.2) is 47.4 Å². The van der Waals surface area contributed by atoms with Crippen LogP contribution >= 0.6 is 0 Å². The van der Waals surface area contributed by atoms with Gasteiger partial charge in [-0.2, -0.15) is 5.26 Å². The Kier molecular flexibility index (Phi) is 5.36. The summed E-state index contributed by atoms with van der Waals surface area (Å²) in [5, 5.41) is 8.96. The number of ketones is 1. The van der Waals surface area contributed by atoms with E-state index in [0.717, 1.165) is 4.90 Å². The predicted octanol–water partition coefficient (Wildman–Crippen LogP) is 2.76. The summed E-state index contributed by atoms with van der Waals surface area (Å²) in [5.74, 6) is -4.16. The SMILES string of the molecule is N#C[C@@H]1CC(F)(F)CN1C(=O)CCC(=O)c1c[nH]c(=O)c(-c2ccccc2)c1. The van der Waals surface area contributed by atoms with Crippen molar-refractivity contribution in [3.05, 3.63) is 58.5 Å². The molecule has 3 rings (SSSR count). The summed E-state index contributed by atoms with van der Waals surface area (Å²) in [6, 6.07) is 10.8. The number of hydrogen-bond acceptors (Lipinski definition) is 4. The summed E-state index contributed by atoms with van der Waals surface area (Å²) in [6.45, 7) is -0.810. The number of hydrogen-bond donors (Lipinski definition) is 1. The van der Waals surface area contributed by atoms with Gasteiger partial charge in [0, 0.05) is 36.6 Å². The highest BCUT2D eigenvalue weighted by molar-refractivity contribution is 5.98. The molecular formula is C20H17F2N3O3. The fourth-order valence-electron chi connectivity index (χ4n) is 3.18. The fourth-order valence-corrected chi connectivity index (χ4v) is 3.18. The van der Waals surface area contributed by atoms with Crippen molar-refractivity contribution in [2.45, 2.75) is 31.2 Å². The lowest BCUT2D eigenvalue weighted by Gasteiger charge is -2.18. The molecule has 0 spiro atoms. The standard InChI is InChI=1S/C20H17F2N3O3/c21-20(22)9-15(10-23)25(12-20)18(27)7-6-17(26)14-8-16(19(28)24-11-14)13-4-2-1-3-5-13/h1-5,8,11,15H,6-7,9,12H2,(H,24,28)/t15-/m0/s1. The minimum Gasteiger partial charge on any atom is -0.328 e. The number of carbonyl (C=O) groups excluding carboxylic acids is 2. The molecule has 1 atom stereocenters. The Labute approximate surface area is 159 Å². The molecule has 144 valence electrons. The molecule has 8 heteroatoms. The van der Waals surface area contributed by atoms with Gasteiger partial charge in [-0.15, -0.1) is 0 Å². The first-order valence-corrected chi connectivity index (χ1v) is 8.69. The molecule has 0 radical (unpaired) electrons. The van der Waals surface area contributed by atoms with E-state index >= 15 is 0 Å². The Morgan fingerprint density at radius 2 is 1.96 bits per heavy atom. The summed E-state index contributed by atoms with van der Waals surface area (Å²) in [5.41, 5.74) is 0.831. The minimum atomic E-state index is -3.09. The van der Waals surface area contributed by atoms with E-state index < -0.39 is 36.6 Å². The van der Waals surface area contributed by atoms with E-state index in [1.807, 2.05) is 0 Å². The van der Waals surface area contributed by atoms with Crippen LogP contribution in [0.25, 0.3) is 11.1 Å². The molecule has 1 saturated heterocycles. The van der Waals surface area contributed by atoms with Crippen molar-refractivity contribution in [1.29, 1.82) is 5.26 Å². The number of aromatic nitrogens is 1. The molecule has 1 aromatic heterocycles. The first-order chi connectivity index (χ1) is 13.3. The van der Waals surface area contributed by atoms with E-state index in [-0.39, 0.29) is 24.0 Å². The number of benzene rings is 1. The molecule has 1 amide bonds. The van der Waals surface area contributed by atoms with Crippen LogP contribution in [-0.2, 0) is 4.79 Å². The maximum absolute atomic E-state index is 13.5. The zero-order valence-corrected chi connectivity index (χ0v) is 14.8. The third-order valence-electron chi connectivity index (χ3n) is 4.62. The Morgan fingerprint density at radius 1 is 1.25 bits per heavy atom. The van der Waals surface area contributed by atoms with Crippen LogP contribution in [-0.4, -0.2) is 40.1 Å². The van der Waals surface area contributed by atoms with Gasteiger partial charge >= 0.3 is 0 Å². The first-order valence-electron chi connectivity index (χ1n) is 8.69. The molecule has 1 aliphatic rings. The monoisotopic (exact) mass is 385 g/mol. The number of H-pyrrole nitrogens is 1. The maximum Gasteiger partial charge on any atom is 0.268 e. The summed E-state index contributed by atoms with van der Waals surface area (Å²) in [7, 11) is 0. The van der Waals surface area contributed by atoms with Gasteiger partial charge in [0.1, 0.15) is 6.04 Å². The van der Waals surface area contributed by atoms with Crippen LogP contribution in [0.3, 0.4) is 0 Å². The van der Waals surface area contributed by atoms with Crippen LogP contribution < -0.4 is 5.56 Å². The van der Waals surface area contributed by atoms with E-state index in [1.165, 1.54) is 12.3 Å². The molecule has 2 aromatic rings. The van der Waals surface area contributed by atoms with E-state index in [0.29, 0.717) is 11.1 Å². The smallest absolute Gasteiger partial charge is 0.268 e. The maximum atomic E-state index is 13.5. The number of pyridine rings is 1. The fraction of sp³-hybridized carbons (Fsp3) is 0.300. The number of rotatable bonds is 5. The third kappa shape index (κ3) is 4.14. The zero-order valence-electron chi connectivity index (χ0n) is 14.8. The number of likely N-dealkylation sites (tertiary alicyclic amines) is 1. The zero-order chi connectivity index (χ0) is 20.3. The molecule has 0 bridgehead atoms. The summed E-state index contributed by atoms with van der Waals surface area (Å²) >= 11 is 0. The first kappa shape index (κ1) is 19.4. The van der Waals surface area contributed by atoms with E-state index in [1.54, 1.807) is 36.4 Å². The van der Waals surface area contributed by atoms with Gasteiger partial charge in [0.25, 0.3) is 11.5 Å². The molecular weight excluding hydrogens is 368 g/mol. The van der Waals surface area contributed by atoms with Crippen LogP contribution in [0.1, 0.15) is 29.6 Å². The summed E-state index contributed by atoms with van der Waals surface area (Å²) in [6.07, 6.45) is 0.0828. The largest absolute Gasteiger partial charge is 0.328 e. The highest BCUT2D eigenvalue weighted by Crippen LogP contribution is 2.32. The molecule has 6 nitrogen and oxygen atoms in total. The molecule has 1 aromatic carbocycles. The Hall–Kier alpha value is -3.34. The average Bonchev–Trinajstić information content (AvgIpc) is 3.01. The van der Waals surface area contributed by atoms with Crippen molar-refractivity contribution >= 4 is 11.7 Å². The van der Waals surface area contributed by atoms with Crippen molar-refractivity contribution < 1.29 is 18.4 Å². The van der Waals surface area contributed by atoms with Gasteiger partial charge in [0.05, 0.1) is 12.6 Å². The van der Waals surface area contributed by atoms with Crippen molar-refractivity contribution in [2.24, 2.45) is 0 Å². The second-order valence-corrected chi connectivity index (χ2v) is 6.65. The molecule has 1 N–H and O–H groups in total. The molecule has 2 heterocycles. The Bertz CT molecular complexity index is 996. The van der Waals surface area contributed by atoms with E-state index in [2.05, 4.69) is 4.98 Å². The van der Waals surface area contributed by atoms with Gasteiger partial charge in [-0.05, 0) is 11.6 Å². The van der Waals surface area contributed by atoms with Crippen molar-refractivity contribution in [1.82, 2.24) is 9.88 Å². The average molecular weight is 385 g/mol. The molecule has 28 heavy (non-hydrogen) atoms. The van der Waals surface area contributed by atoms with Crippen molar-refractivity contribution in [3.8, 4) is 17.2 Å². The molecule has 1 aliphatic heterocycles. The number of aromatic amines is 1. The second-order valence-electron chi connectivity index (χ2n) is 6.65. The highest BCUT2D eigenvalue weighted by Gasteiger charge is 2.47. The van der Waals surface area contributed by atoms with Gasteiger partial charge in [-0.1, -0.05) is 30.3 Å². The number of amides is 1. The molecule has 0 unspecified atom stereocenters.